The molecule has 1 fully saturated rings. The van der Waals surface area contributed by atoms with Crippen molar-refractivity contribution in [2.45, 2.75) is 50.5 Å². The van der Waals surface area contributed by atoms with Gasteiger partial charge in [-0.15, -0.1) is 0 Å². The maximum Gasteiger partial charge on any atom is 0.220 e. The van der Waals surface area contributed by atoms with Crippen LogP contribution in [0.3, 0.4) is 0 Å². The Bertz CT molecular complexity index is 452. The molecule has 1 aromatic carbocycles. The second-order valence-corrected chi connectivity index (χ2v) is 6.78. The van der Waals surface area contributed by atoms with Crippen molar-refractivity contribution in [1.82, 2.24) is 5.32 Å². The molecule has 0 spiro atoms. The van der Waals surface area contributed by atoms with Gasteiger partial charge in [-0.2, -0.15) is 0 Å². The molecule has 110 valence electrons. The summed E-state index contributed by atoms with van der Waals surface area (Å²) in [6.45, 7) is 2.44. The van der Waals surface area contributed by atoms with E-state index in [9.17, 15) is 9.90 Å². The van der Waals surface area contributed by atoms with Crippen LogP contribution in [0.4, 0.5) is 0 Å². The summed E-state index contributed by atoms with van der Waals surface area (Å²) in [5.41, 5.74) is 0.485. The predicted molar refractivity (Wildman–Crippen MR) is 83.6 cm³/mol. The predicted octanol–water partition coefficient (Wildman–Crippen LogP) is 3.36. The van der Waals surface area contributed by atoms with E-state index < -0.39 is 5.60 Å². The Hall–Kier alpha value is -0.870. The van der Waals surface area contributed by atoms with Gasteiger partial charge in [0.25, 0.3) is 0 Å². The molecule has 0 saturated heterocycles. The van der Waals surface area contributed by atoms with E-state index in [1.807, 2.05) is 31.2 Å². The van der Waals surface area contributed by atoms with Crippen molar-refractivity contribution in [2.75, 3.05) is 6.54 Å². The number of carbonyl (C=O) groups is 1. The molecule has 3 nitrogen and oxygen atoms in total. The second kappa shape index (κ2) is 6.72. The van der Waals surface area contributed by atoms with Gasteiger partial charge in [-0.1, -0.05) is 47.8 Å². The number of halogens is 1. The van der Waals surface area contributed by atoms with Gasteiger partial charge in [-0.25, -0.2) is 0 Å². The van der Waals surface area contributed by atoms with E-state index in [1.165, 1.54) is 0 Å². The standard InChI is InChI=1S/C16H22BrNO2/c1-12(13-4-6-14(17)7-5-13)10-15(19)18-11-16(20)8-2-3-9-16/h4-7,12,20H,2-3,8-11H2,1H3,(H,18,19). The number of benzene rings is 1. The minimum absolute atomic E-state index is 0.0146. The number of hydrogen-bond donors (Lipinski definition) is 2. The third kappa shape index (κ3) is 4.32. The summed E-state index contributed by atoms with van der Waals surface area (Å²) in [7, 11) is 0. The summed E-state index contributed by atoms with van der Waals surface area (Å²) in [6, 6.07) is 8.05. The number of amides is 1. The molecule has 2 N–H and O–H groups in total. The number of carbonyl (C=O) groups excluding carboxylic acids is 1. The molecule has 4 heteroatoms. The summed E-state index contributed by atoms with van der Waals surface area (Å²) in [4.78, 5) is 12.0. The largest absolute Gasteiger partial charge is 0.388 e. The zero-order valence-electron chi connectivity index (χ0n) is 11.9. The first kappa shape index (κ1) is 15.5. The molecule has 1 aliphatic carbocycles. The van der Waals surface area contributed by atoms with Crippen LogP contribution in [0.2, 0.25) is 0 Å². The van der Waals surface area contributed by atoms with E-state index in [-0.39, 0.29) is 11.8 Å². The Morgan fingerprint density at radius 2 is 1.95 bits per heavy atom. The molecule has 20 heavy (non-hydrogen) atoms. The van der Waals surface area contributed by atoms with Crippen molar-refractivity contribution < 1.29 is 9.90 Å². The second-order valence-electron chi connectivity index (χ2n) is 5.86. The van der Waals surface area contributed by atoms with Gasteiger partial charge >= 0.3 is 0 Å². The smallest absolute Gasteiger partial charge is 0.220 e. The van der Waals surface area contributed by atoms with Crippen molar-refractivity contribution in [1.29, 1.82) is 0 Å². The molecule has 1 atom stereocenters. The zero-order valence-corrected chi connectivity index (χ0v) is 13.4. The molecular weight excluding hydrogens is 318 g/mol. The number of nitrogens with one attached hydrogen (secondary N) is 1. The summed E-state index contributed by atoms with van der Waals surface area (Å²) >= 11 is 3.41. The van der Waals surface area contributed by atoms with Gasteiger partial charge in [-0.3, -0.25) is 4.79 Å². The van der Waals surface area contributed by atoms with E-state index in [2.05, 4.69) is 21.2 Å². The third-order valence-corrected chi connectivity index (χ3v) is 4.61. The fourth-order valence-corrected chi connectivity index (χ4v) is 3.00. The Morgan fingerprint density at radius 3 is 2.55 bits per heavy atom. The first-order chi connectivity index (χ1) is 9.48. The van der Waals surface area contributed by atoms with Crippen LogP contribution in [0.15, 0.2) is 28.7 Å². The van der Waals surface area contributed by atoms with Crippen molar-refractivity contribution in [3.63, 3.8) is 0 Å². The molecule has 0 aromatic heterocycles. The molecule has 2 rings (SSSR count). The van der Waals surface area contributed by atoms with Crippen LogP contribution in [-0.2, 0) is 4.79 Å². The van der Waals surface area contributed by atoms with Crippen LogP contribution in [0.5, 0.6) is 0 Å². The fraction of sp³-hybridized carbons (Fsp3) is 0.562. The van der Waals surface area contributed by atoms with Crippen molar-refractivity contribution in [2.24, 2.45) is 0 Å². The van der Waals surface area contributed by atoms with Crippen molar-refractivity contribution >= 4 is 21.8 Å². The summed E-state index contributed by atoms with van der Waals surface area (Å²) in [5, 5.41) is 13.1. The van der Waals surface area contributed by atoms with Crippen LogP contribution in [0.25, 0.3) is 0 Å². The van der Waals surface area contributed by atoms with Crippen LogP contribution >= 0.6 is 15.9 Å². The average molecular weight is 340 g/mol. The number of rotatable bonds is 5. The highest BCUT2D eigenvalue weighted by molar-refractivity contribution is 9.10. The van der Waals surface area contributed by atoms with E-state index in [0.717, 1.165) is 35.7 Å². The van der Waals surface area contributed by atoms with E-state index >= 15 is 0 Å². The molecule has 1 saturated carbocycles. The lowest BCUT2D eigenvalue weighted by Gasteiger charge is -2.23. The average Bonchev–Trinajstić information content (AvgIpc) is 2.85. The van der Waals surface area contributed by atoms with E-state index in [0.29, 0.717) is 13.0 Å². The fourth-order valence-electron chi connectivity index (χ4n) is 2.73. The lowest BCUT2D eigenvalue weighted by molar-refractivity contribution is -0.122. The quantitative estimate of drug-likeness (QED) is 0.864. The van der Waals surface area contributed by atoms with Gasteiger partial charge in [0, 0.05) is 17.4 Å². The van der Waals surface area contributed by atoms with Crippen LogP contribution in [0.1, 0.15) is 50.5 Å². The maximum absolute atomic E-state index is 12.0. The minimum Gasteiger partial charge on any atom is -0.388 e. The monoisotopic (exact) mass is 339 g/mol. The highest BCUT2D eigenvalue weighted by atomic mass is 79.9. The molecule has 1 aliphatic rings. The van der Waals surface area contributed by atoms with Crippen molar-refractivity contribution in [3.05, 3.63) is 34.3 Å². The Morgan fingerprint density at radius 1 is 1.35 bits per heavy atom. The Balaban J connectivity index is 1.80. The van der Waals surface area contributed by atoms with Crippen LogP contribution in [0, 0.1) is 0 Å². The van der Waals surface area contributed by atoms with Gasteiger partial charge in [0.1, 0.15) is 0 Å². The van der Waals surface area contributed by atoms with Gasteiger partial charge in [0.05, 0.1) is 5.60 Å². The summed E-state index contributed by atoms with van der Waals surface area (Å²) in [5.74, 6) is 0.196. The maximum atomic E-state index is 12.0. The SMILES string of the molecule is CC(CC(=O)NCC1(O)CCCC1)c1ccc(Br)cc1. The van der Waals surface area contributed by atoms with Crippen LogP contribution in [-0.4, -0.2) is 23.2 Å². The lowest BCUT2D eigenvalue weighted by Crippen LogP contribution is -2.41. The molecule has 0 radical (unpaired) electrons. The number of aliphatic hydroxyl groups is 1. The Kier molecular flexibility index (Phi) is 5.22. The summed E-state index contributed by atoms with van der Waals surface area (Å²) < 4.78 is 1.04. The molecule has 0 aliphatic heterocycles. The van der Waals surface area contributed by atoms with E-state index in [1.54, 1.807) is 0 Å². The normalized spacial score (nSPS) is 18.8. The summed E-state index contributed by atoms with van der Waals surface area (Å²) in [6.07, 6.45) is 4.17. The minimum atomic E-state index is -0.670. The van der Waals surface area contributed by atoms with Gasteiger partial charge < -0.3 is 10.4 Å². The van der Waals surface area contributed by atoms with Crippen LogP contribution < -0.4 is 5.32 Å². The highest BCUT2D eigenvalue weighted by Crippen LogP contribution is 2.28. The molecule has 1 unspecified atom stereocenters. The molecule has 1 amide bonds. The van der Waals surface area contributed by atoms with Gasteiger partial charge in [0.15, 0.2) is 0 Å². The zero-order chi connectivity index (χ0) is 14.6. The van der Waals surface area contributed by atoms with E-state index in [4.69, 9.17) is 0 Å². The Labute approximate surface area is 128 Å². The lowest BCUT2D eigenvalue weighted by atomic mass is 9.97. The highest BCUT2D eigenvalue weighted by Gasteiger charge is 2.31. The first-order valence-corrected chi connectivity index (χ1v) is 8.02. The molecule has 0 bridgehead atoms. The number of hydrogen-bond acceptors (Lipinski definition) is 2. The topological polar surface area (TPSA) is 49.3 Å². The molecule has 1 aromatic rings. The van der Waals surface area contributed by atoms with Gasteiger partial charge in [0.2, 0.25) is 5.91 Å². The first-order valence-electron chi connectivity index (χ1n) is 7.23. The van der Waals surface area contributed by atoms with Gasteiger partial charge in [-0.05, 0) is 36.5 Å². The third-order valence-electron chi connectivity index (χ3n) is 4.08. The molecular formula is C16H22BrNO2. The molecule has 0 heterocycles. The van der Waals surface area contributed by atoms with Crippen molar-refractivity contribution in [3.8, 4) is 0 Å².